The quantitative estimate of drug-likeness (QED) is 0.667. The lowest BCUT2D eigenvalue weighted by atomic mass is 10.0. The number of aromatic nitrogens is 2. The van der Waals surface area contributed by atoms with Gasteiger partial charge in [-0.1, -0.05) is 12.1 Å². The van der Waals surface area contributed by atoms with Crippen molar-refractivity contribution in [1.29, 1.82) is 0 Å². The molecule has 0 amide bonds. The van der Waals surface area contributed by atoms with E-state index in [4.69, 9.17) is 0 Å². The van der Waals surface area contributed by atoms with Gasteiger partial charge in [0.05, 0.1) is 17.4 Å². The van der Waals surface area contributed by atoms with Crippen LogP contribution in [0.1, 0.15) is 12.8 Å². The molecule has 5 rings (SSSR count). The Kier molecular flexibility index (Phi) is 5.93. The Balaban J connectivity index is 1.24. The predicted molar refractivity (Wildman–Crippen MR) is 124 cm³/mol. The van der Waals surface area contributed by atoms with E-state index in [0.29, 0.717) is 11.7 Å². The summed E-state index contributed by atoms with van der Waals surface area (Å²) in [5, 5.41) is 25.9. The molecule has 1 atom stereocenters. The zero-order chi connectivity index (χ0) is 21.2. The summed E-state index contributed by atoms with van der Waals surface area (Å²) >= 11 is 0. The lowest BCUT2D eigenvalue weighted by molar-refractivity contribution is 0.152. The van der Waals surface area contributed by atoms with E-state index in [0.717, 1.165) is 75.5 Å². The average Bonchev–Trinajstić information content (AvgIpc) is 2.82. The van der Waals surface area contributed by atoms with Gasteiger partial charge in [-0.15, -0.1) is 10.2 Å². The van der Waals surface area contributed by atoms with Crippen molar-refractivity contribution >= 4 is 11.5 Å². The van der Waals surface area contributed by atoms with Crippen molar-refractivity contribution in [2.24, 2.45) is 0 Å². The van der Waals surface area contributed by atoms with Gasteiger partial charge in [-0.3, -0.25) is 4.90 Å². The molecule has 8 nitrogen and oxygen atoms in total. The number of hydrogen-bond acceptors (Lipinski definition) is 8. The number of hydrogen-bond donors (Lipinski definition) is 3. The van der Waals surface area contributed by atoms with Crippen molar-refractivity contribution in [1.82, 2.24) is 25.3 Å². The van der Waals surface area contributed by atoms with E-state index in [1.165, 1.54) is 12.8 Å². The van der Waals surface area contributed by atoms with Gasteiger partial charge in [-0.25, -0.2) is 0 Å². The van der Waals surface area contributed by atoms with Gasteiger partial charge in [0.2, 0.25) is 0 Å². The van der Waals surface area contributed by atoms with Crippen molar-refractivity contribution in [3.63, 3.8) is 0 Å². The molecule has 1 aromatic carbocycles. The molecule has 2 saturated heterocycles. The number of benzene rings is 1. The molecule has 1 aromatic heterocycles. The fourth-order valence-electron chi connectivity index (χ4n) is 5.11. The second-order valence-electron chi connectivity index (χ2n) is 8.97. The molecule has 3 N–H and O–H groups in total. The standard InChI is InChI=1S/C23H33N7O/c1-28(17-6-8-24-9-7-17)10-11-29-12-13-30-18(16-29)15-25-23-21(30)14-20(26-27-23)19-4-2-3-5-22(19)31/h2-5,14,17-18,24,31H,6-13,15-16H2,1H3,(H,25,27)/t18-/m0/s1. The van der Waals surface area contributed by atoms with E-state index in [2.05, 4.69) is 48.6 Å². The van der Waals surface area contributed by atoms with Crippen molar-refractivity contribution in [3.05, 3.63) is 30.3 Å². The molecule has 0 spiro atoms. The first-order valence-corrected chi connectivity index (χ1v) is 11.5. The molecule has 166 valence electrons. The monoisotopic (exact) mass is 423 g/mol. The molecule has 0 unspecified atom stereocenters. The van der Waals surface area contributed by atoms with Crippen molar-refractivity contribution in [3.8, 4) is 17.0 Å². The van der Waals surface area contributed by atoms with Crippen LogP contribution in [0.15, 0.2) is 30.3 Å². The third-order valence-corrected chi connectivity index (χ3v) is 7.04. The van der Waals surface area contributed by atoms with Gasteiger partial charge in [-0.05, 0) is 51.2 Å². The van der Waals surface area contributed by atoms with E-state index >= 15 is 0 Å². The third-order valence-electron chi connectivity index (χ3n) is 7.04. The van der Waals surface area contributed by atoms with E-state index < -0.39 is 0 Å². The summed E-state index contributed by atoms with van der Waals surface area (Å²) in [6, 6.07) is 10.5. The van der Waals surface area contributed by atoms with E-state index in [1.54, 1.807) is 6.07 Å². The number of likely N-dealkylation sites (N-methyl/N-ethyl adjacent to an activating group) is 1. The minimum Gasteiger partial charge on any atom is -0.507 e. The van der Waals surface area contributed by atoms with Crippen LogP contribution in [0.4, 0.5) is 11.5 Å². The first-order valence-electron chi connectivity index (χ1n) is 11.5. The first kappa shape index (κ1) is 20.5. The zero-order valence-corrected chi connectivity index (χ0v) is 18.3. The number of aromatic hydroxyl groups is 1. The van der Waals surface area contributed by atoms with Gasteiger partial charge in [0.15, 0.2) is 5.82 Å². The Morgan fingerprint density at radius 3 is 2.84 bits per heavy atom. The highest BCUT2D eigenvalue weighted by Gasteiger charge is 2.33. The highest BCUT2D eigenvalue weighted by atomic mass is 16.3. The van der Waals surface area contributed by atoms with Crippen molar-refractivity contribution in [2.45, 2.75) is 24.9 Å². The molecule has 4 heterocycles. The Morgan fingerprint density at radius 1 is 1.16 bits per heavy atom. The molecule has 0 bridgehead atoms. The molecule has 31 heavy (non-hydrogen) atoms. The number of piperazine rings is 1. The molecule has 0 aliphatic carbocycles. The number of rotatable bonds is 5. The van der Waals surface area contributed by atoms with Gasteiger partial charge >= 0.3 is 0 Å². The number of nitrogens with zero attached hydrogens (tertiary/aromatic N) is 5. The Hall–Kier alpha value is -2.42. The number of nitrogens with one attached hydrogen (secondary N) is 2. The number of piperidine rings is 1. The maximum absolute atomic E-state index is 10.2. The van der Waals surface area contributed by atoms with Crippen LogP contribution in [0.3, 0.4) is 0 Å². The lowest BCUT2D eigenvalue weighted by Crippen LogP contribution is -2.58. The lowest BCUT2D eigenvalue weighted by Gasteiger charge is -2.46. The highest BCUT2D eigenvalue weighted by molar-refractivity contribution is 5.76. The summed E-state index contributed by atoms with van der Waals surface area (Å²) in [5.74, 6) is 1.08. The smallest absolute Gasteiger partial charge is 0.172 e. The minimum absolute atomic E-state index is 0.236. The highest BCUT2D eigenvalue weighted by Crippen LogP contribution is 2.35. The van der Waals surface area contributed by atoms with Crippen LogP contribution < -0.4 is 15.5 Å². The van der Waals surface area contributed by atoms with Gasteiger partial charge in [0.1, 0.15) is 5.75 Å². The summed E-state index contributed by atoms with van der Waals surface area (Å²) in [4.78, 5) is 7.62. The largest absolute Gasteiger partial charge is 0.507 e. The molecule has 0 radical (unpaired) electrons. The number of phenolic OH excluding ortho intramolecular Hbond substituents is 1. The molecule has 2 fully saturated rings. The maximum atomic E-state index is 10.2. The van der Waals surface area contributed by atoms with Crippen LogP contribution in [-0.4, -0.2) is 96.6 Å². The molecule has 0 saturated carbocycles. The van der Waals surface area contributed by atoms with Crippen LogP contribution >= 0.6 is 0 Å². The summed E-state index contributed by atoms with van der Waals surface area (Å²) in [6.07, 6.45) is 2.52. The van der Waals surface area contributed by atoms with E-state index in [-0.39, 0.29) is 5.75 Å². The topological polar surface area (TPSA) is 79.8 Å². The molecule has 3 aliphatic heterocycles. The zero-order valence-electron chi connectivity index (χ0n) is 18.3. The van der Waals surface area contributed by atoms with Gasteiger partial charge < -0.3 is 25.5 Å². The second kappa shape index (κ2) is 8.98. The molecule has 3 aliphatic rings. The normalized spacial score (nSPS) is 22.1. The first-order chi connectivity index (χ1) is 15.2. The molecule has 2 aromatic rings. The fourth-order valence-corrected chi connectivity index (χ4v) is 5.11. The number of anilines is 2. The summed E-state index contributed by atoms with van der Waals surface area (Å²) < 4.78 is 0. The van der Waals surface area contributed by atoms with Crippen LogP contribution in [0, 0.1) is 0 Å². The van der Waals surface area contributed by atoms with Crippen LogP contribution in [0.2, 0.25) is 0 Å². The number of para-hydroxylation sites is 1. The number of phenols is 1. The Labute approximate surface area is 184 Å². The van der Waals surface area contributed by atoms with E-state index in [9.17, 15) is 5.11 Å². The average molecular weight is 424 g/mol. The van der Waals surface area contributed by atoms with E-state index in [1.807, 2.05) is 18.2 Å². The van der Waals surface area contributed by atoms with Gasteiger partial charge in [-0.2, -0.15) is 0 Å². The summed E-state index contributed by atoms with van der Waals surface area (Å²) in [7, 11) is 2.28. The predicted octanol–water partition coefficient (Wildman–Crippen LogP) is 1.45. The van der Waals surface area contributed by atoms with Crippen LogP contribution in [-0.2, 0) is 0 Å². The Morgan fingerprint density at radius 2 is 2.00 bits per heavy atom. The molecular weight excluding hydrogens is 390 g/mol. The molecular formula is C23H33N7O. The number of fused-ring (bicyclic) bond motifs is 3. The summed E-state index contributed by atoms with van der Waals surface area (Å²) in [5.41, 5.74) is 2.53. The Bertz CT molecular complexity index is 901. The molecule has 8 heteroatoms. The SMILES string of the molecule is CN(CCN1CCN2c3cc(-c4ccccc4O)nnc3NC[C@H]2C1)C1CCNCC1. The fraction of sp³-hybridized carbons (Fsp3) is 0.565. The summed E-state index contributed by atoms with van der Waals surface area (Å²) in [6.45, 7) is 8.53. The van der Waals surface area contributed by atoms with Gasteiger partial charge in [0, 0.05) is 50.9 Å². The minimum atomic E-state index is 0.236. The third kappa shape index (κ3) is 4.33. The van der Waals surface area contributed by atoms with Crippen molar-refractivity contribution < 1.29 is 5.11 Å². The maximum Gasteiger partial charge on any atom is 0.172 e. The van der Waals surface area contributed by atoms with Crippen LogP contribution in [0.5, 0.6) is 5.75 Å². The van der Waals surface area contributed by atoms with Crippen LogP contribution in [0.25, 0.3) is 11.3 Å². The second-order valence-corrected chi connectivity index (χ2v) is 8.97. The van der Waals surface area contributed by atoms with Crippen molar-refractivity contribution in [2.75, 3.05) is 69.6 Å². The van der Waals surface area contributed by atoms with Gasteiger partial charge in [0.25, 0.3) is 0 Å².